The summed E-state index contributed by atoms with van der Waals surface area (Å²) >= 11 is 13.3. The van der Waals surface area contributed by atoms with Gasteiger partial charge in [-0.05, 0) is 69.6 Å². The van der Waals surface area contributed by atoms with Gasteiger partial charge in [-0.3, -0.25) is 4.79 Å². The topological polar surface area (TPSA) is 94.2 Å². The molecule has 0 saturated heterocycles. The largest absolute Gasteiger partial charge is 0.469 e. The fourth-order valence-electron chi connectivity index (χ4n) is 5.03. The number of nitrogens with one attached hydrogen (secondary N) is 1. The summed E-state index contributed by atoms with van der Waals surface area (Å²) in [4.78, 5) is 41.3. The Balaban J connectivity index is 2.17. The Bertz CT molecular complexity index is 1330. The molecule has 1 atom stereocenters. The molecular weight excluding hydrogens is 567 g/mol. The molecule has 3 rings (SSSR count). The van der Waals surface area contributed by atoms with Gasteiger partial charge in [0.05, 0.1) is 44.8 Å². The van der Waals surface area contributed by atoms with Gasteiger partial charge in [0.25, 0.3) is 0 Å². The zero-order valence-electron chi connectivity index (χ0n) is 24.0. The predicted octanol–water partition coefficient (Wildman–Crippen LogP) is 5.22. The molecule has 0 aliphatic carbocycles. The van der Waals surface area contributed by atoms with Crippen LogP contribution in [0.2, 0.25) is 10.0 Å². The summed E-state index contributed by atoms with van der Waals surface area (Å²) in [5.41, 5.74) is 3.62. The second-order valence-electron chi connectivity index (χ2n) is 9.89. The van der Waals surface area contributed by atoms with Gasteiger partial charge in [-0.2, -0.15) is 0 Å². The van der Waals surface area contributed by atoms with Crippen molar-refractivity contribution in [1.29, 1.82) is 0 Å². The number of carbonyl (C=O) groups excluding carboxylic acids is 3. The fourth-order valence-corrected chi connectivity index (χ4v) is 5.65. The maximum absolute atomic E-state index is 13.4. The van der Waals surface area contributed by atoms with Crippen molar-refractivity contribution in [2.45, 2.75) is 38.0 Å². The van der Waals surface area contributed by atoms with Gasteiger partial charge in [0.2, 0.25) is 0 Å². The van der Waals surface area contributed by atoms with Crippen molar-refractivity contribution in [1.82, 2.24) is 10.2 Å². The van der Waals surface area contributed by atoms with E-state index in [1.165, 1.54) is 26.9 Å². The Morgan fingerprint density at radius 2 is 1.34 bits per heavy atom. The average molecular weight is 604 g/mol. The Kier molecular flexibility index (Phi) is 11.8. The number of nitrogens with zero attached hydrogens (tertiary/aromatic N) is 1. The van der Waals surface area contributed by atoms with Crippen LogP contribution < -0.4 is 5.32 Å². The third-order valence-corrected chi connectivity index (χ3v) is 7.65. The molecule has 1 heterocycles. The molecule has 0 aromatic heterocycles. The Hall–Kier alpha value is -3.33. The Labute approximate surface area is 251 Å². The zero-order valence-corrected chi connectivity index (χ0v) is 25.5. The van der Waals surface area contributed by atoms with Crippen LogP contribution in [0, 0.1) is 0 Å². The molecule has 0 saturated carbocycles. The Morgan fingerprint density at radius 3 is 1.88 bits per heavy atom. The third kappa shape index (κ3) is 7.91. The van der Waals surface area contributed by atoms with Crippen LogP contribution in [0.25, 0.3) is 0 Å². The van der Waals surface area contributed by atoms with Crippen LogP contribution >= 0.6 is 23.2 Å². The molecule has 41 heavy (non-hydrogen) atoms. The standard InChI is InChI=1S/C31H36Cl2N2O6/c1-35(2)17-9-12-19-10-6-7-11-20(19)15-16-23-27(30(37)40-4)29(26-21(32)13-8-14-22(26)33)28(31(38)41-5)24(34-23)18-25(36)39-3/h6-8,10-11,13-14,29,34H,9,12,15-18H2,1-5H3. The number of ether oxygens (including phenoxy) is 3. The van der Waals surface area contributed by atoms with E-state index in [1.54, 1.807) is 18.2 Å². The van der Waals surface area contributed by atoms with Gasteiger partial charge in [-0.1, -0.05) is 53.5 Å². The van der Waals surface area contributed by atoms with Crippen LogP contribution in [0.15, 0.2) is 65.0 Å². The minimum atomic E-state index is -1.05. The van der Waals surface area contributed by atoms with Crippen LogP contribution in [0.1, 0.15) is 41.9 Å². The number of benzene rings is 2. The van der Waals surface area contributed by atoms with Crippen LogP contribution in [0.3, 0.4) is 0 Å². The van der Waals surface area contributed by atoms with E-state index in [2.05, 4.69) is 22.3 Å². The highest BCUT2D eigenvalue weighted by Gasteiger charge is 2.41. The summed E-state index contributed by atoms with van der Waals surface area (Å²) in [5.74, 6) is -3.04. The minimum absolute atomic E-state index is 0.0288. The molecular formula is C31H36Cl2N2O6. The summed E-state index contributed by atoms with van der Waals surface area (Å²) in [7, 11) is 7.84. The molecule has 10 heteroatoms. The summed E-state index contributed by atoms with van der Waals surface area (Å²) in [6.07, 6.45) is 2.61. The molecule has 0 fully saturated rings. The first kappa shape index (κ1) is 32.2. The highest BCUT2D eigenvalue weighted by atomic mass is 35.5. The number of allylic oxidation sites excluding steroid dienone is 1. The van der Waals surface area contributed by atoms with Crippen molar-refractivity contribution < 1.29 is 28.6 Å². The van der Waals surface area contributed by atoms with E-state index < -0.39 is 23.8 Å². The quantitative estimate of drug-likeness (QED) is 0.261. The maximum atomic E-state index is 13.4. The van der Waals surface area contributed by atoms with Gasteiger partial charge in [-0.15, -0.1) is 0 Å². The number of halogens is 2. The van der Waals surface area contributed by atoms with E-state index >= 15 is 0 Å². The van der Waals surface area contributed by atoms with Crippen LogP contribution in [0.5, 0.6) is 0 Å². The molecule has 2 aromatic rings. The van der Waals surface area contributed by atoms with Crippen LogP contribution in [-0.2, 0) is 41.4 Å². The van der Waals surface area contributed by atoms with Crippen molar-refractivity contribution in [3.63, 3.8) is 0 Å². The zero-order chi connectivity index (χ0) is 30.1. The molecule has 8 nitrogen and oxygen atoms in total. The first-order chi connectivity index (χ1) is 19.6. The lowest BCUT2D eigenvalue weighted by atomic mass is 9.78. The first-order valence-electron chi connectivity index (χ1n) is 13.2. The minimum Gasteiger partial charge on any atom is -0.469 e. The number of carbonyl (C=O) groups is 3. The summed E-state index contributed by atoms with van der Waals surface area (Å²) in [5, 5.41) is 3.69. The third-order valence-electron chi connectivity index (χ3n) is 6.99. The Morgan fingerprint density at radius 1 is 0.780 bits per heavy atom. The average Bonchev–Trinajstić information content (AvgIpc) is 2.95. The number of dihydropyridines is 1. The van der Waals surface area contributed by atoms with Gasteiger partial charge >= 0.3 is 17.9 Å². The van der Waals surface area contributed by atoms with Gasteiger partial charge < -0.3 is 24.4 Å². The second-order valence-corrected chi connectivity index (χ2v) is 10.7. The van der Waals surface area contributed by atoms with Crippen LogP contribution in [-0.4, -0.2) is 64.8 Å². The molecule has 1 unspecified atom stereocenters. The highest BCUT2D eigenvalue weighted by molar-refractivity contribution is 6.36. The summed E-state index contributed by atoms with van der Waals surface area (Å²) < 4.78 is 15.2. The SMILES string of the molecule is COC(=O)CC1=C(C(=O)OC)C(c2c(Cl)cccc2Cl)C(C(=O)OC)=C(CCc2ccccc2CCCN(C)C)N1. The van der Waals surface area contributed by atoms with E-state index in [4.69, 9.17) is 37.4 Å². The van der Waals surface area contributed by atoms with Crippen LogP contribution in [0.4, 0.5) is 0 Å². The molecule has 0 bridgehead atoms. The molecule has 1 aliphatic heterocycles. The lowest BCUT2D eigenvalue weighted by Crippen LogP contribution is -2.35. The molecule has 0 spiro atoms. The lowest BCUT2D eigenvalue weighted by Gasteiger charge is -2.33. The number of methoxy groups -OCH3 is 3. The molecule has 220 valence electrons. The smallest absolute Gasteiger partial charge is 0.336 e. The van der Waals surface area contributed by atoms with E-state index in [-0.39, 0.29) is 33.3 Å². The van der Waals surface area contributed by atoms with Gasteiger partial charge in [-0.25, -0.2) is 9.59 Å². The number of rotatable bonds is 12. The molecule has 1 N–H and O–H groups in total. The summed E-state index contributed by atoms with van der Waals surface area (Å²) in [6, 6.07) is 13.1. The van der Waals surface area contributed by atoms with E-state index in [0.29, 0.717) is 24.1 Å². The van der Waals surface area contributed by atoms with Crippen molar-refractivity contribution in [3.05, 3.63) is 91.7 Å². The van der Waals surface area contributed by atoms with E-state index in [0.717, 1.165) is 24.9 Å². The number of aryl methyl sites for hydroxylation is 2. The fraction of sp³-hybridized carbons (Fsp3) is 0.387. The van der Waals surface area contributed by atoms with Crippen molar-refractivity contribution in [2.24, 2.45) is 0 Å². The van der Waals surface area contributed by atoms with E-state index in [9.17, 15) is 14.4 Å². The molecule has 1 aliphatic rings. The van der Waals surface area contributed by atoms with Gasteiger partial charge in [0.15, 0.2) is 0 Å². The highest BCUT2D eigenvalue weighted by Crippen LogP contribution is 2.46. The second kappa shape index (κ2) is 15.1. The van der Waals surface area contributed by atoms with E-state index in [1.807, 2.05) is 26.2 Å². The molecule has 2 aromatic carbocycles. The predicted molar refractivity (Wildman–Crippen MR) is 159 cm³/mol. The summed E-state index contributed by atoms with van der Waals surface area (Å²) in [6.45, 7) is 0.964. The number of esters is 3. The monoisotopic (exact) mass is 602 g/mol. The van der Waals surface area contributed by atoms with Gasteiger partial charge in [0.1, 0.15) is 0 Å². The number of hydrogen-bond donors (Lipinski definition) is 1. The molecule has 0 amide bonds. The number of hydrogen-bond acceptors (Lipinski definition) is 8. The van der Waals surface area contributed by atoms with Crippen molar-refractivity contribution in [2.75, 3.05) is 42.0 Å². The molecule has 0 radical (unpaired) electrons. The maximum Gasteiger partial charge on any atom is 0.336 e. The lowest BCUT2D eigenvalue weighted by molar-refractivity contribution is -0.139. The van der Waals surface area contributed by atoms with Gasteiger partial charge in [0, 0.05) is 27.0 Å². The first-order valence-corrected chi connectivity index (χ1v) is 14.0. The van der Waals surface area contributed by atoms with Crippen molar-refractivity contribution >= 4 is 41.1 Å². The van der Waals surface area contributed by atoms with Crippen molar-refractivity contribution in [3.8, 4) is 0 Å². The normalized spacial score (nSPS) is 15.1.